The topological polar surface area (TPSA) is 80.1 Å². The second-order valence-electron chi connectivity index (χ2n) is 12.3. The molecule has 0 spiro atoms. The maximum absolute atomic E-state index is 14.6. The molecule has 0 bridgehead atoms. The Morgan fingerprint density at radius 1 is 1.13 bits per heavy atom. The van der Waals surface area contributed by atoms with Gasteiger partial charge in [0.2, 0.25) is 11.7 Å². The van der Waals surface area contributed by atoms with Crippen molar-refractivity contribution in [1.29, 1.82) is 0 Å². The van der Waals surface area contributed by atoms with Gasteiger partial charge in [0.15, 0.2) is 5.69 Å². The quantitative estimate of drug-likeness (QED) is 0.223. The summed E-state index contributed by atoms with van der Waals surface area (Å²) in [6.07, 6.45) is 3.22. The molecule has 3 aliphatic rings. The van der Waals surface area contributed by atoms with E-state index in [-0.39, 0.29) is 30.1 Å². The maximum atomic E-state index is 14.6. The van der Waals surface area contributed by atoms with Crippen LogP contribution < -0.4 is 14.4 Å². The van der Waals surface area contributed by atoms with Crippen molar-refractivity contribution in [2.45, 2.75) is 57.8 Å². The summed E-state index contributed by atoms with van der Waals surface area (Å²) in [7, 11) is 1.93. The molecule has 1 saturated carbocycles. The number of halogens is 3. The highest BCUT2D eigenvalue weighted by atomic mass is 19.4. The van der Waals surface area contributed by atoms with E-state index < -0.39 is 17.6 Å². The van der Waals surface area contributed by atoms with Crippen LogP contribution in [0.3, 0.4) is 0 Å². The molecule has 0 radical (unpaired) electrons. The van der Waals surface area contributed by atoms with Gasteiger partial charge in [-0.05, 0) is 73.1 Å². The van der Waals surface area contributed by atoms with Gasteiger partial charge in [-0.3, -0.25) is 14.3 Å². The first kappa shape index (κ1) is 29.0. The van der Waals surface area contributed by atoms with Crippen LogP contribution in [0.1, 0.15) is 70.7 Å². The van der Waals surface area contributed by atoms with Crippen LogP contribution in [0.2, 0.25) is 0 Å². The fraction of sp³-hybridized carbons (Fsp3) is 0.364. The summed E-state index contributed by atoms with van der Waals surface area (Å²) in [5.41, 5.74) is 1.99. The molecule has 2 aromatic heterocycles. The number of alkyl halides is 3. The average Bonchev–Trinajstić information content (AvgIpc) is 3.69. The molecule has 4 aromatic rings. The largest absolute Gasteiger partial charge is 0.416 e. The number of aromatic nitrogens is 5. The molecule has 9 nitrogen and oxygen atoms in total. The number of amides is 2. The van der Waals surface area contributed by atoms with Crippen LogP contribution in [-0.4, -0.2) is 37.9 Å². The Bertz CT molecular complexity index is 1850. The zero-order valence-electron chi connectivity index (χ0n) is 25.1. The Labute approximate surface area is 258 Å². The maximum Gasteiger partial charge on any atom is 0.416 e. The van der Waals surface area contributed by atoms with Gasteiger partial charge in [-0.25, -0.2) is 4.57 Å². The Kier molecular flexibility index (Phi) is 6.90. The van der Waals surface area contributed by atoms with Gasteiger partial charge in [0.05, 0.1) is 49.0 Å². The van der Waals surface area contributed by atoms with Crippen LogP contribution in [0.15, 0.2) is 61.6 Å². The highest BCUT2D eigenvalue weighted by molar-refractivity contribution is 6.11. The molecule has 1 aliphatic carbocycles. The van der Waals surface area contributed by atoms with Gasteiger partial charge in [-0.2, -0.15) is 18.3 Å². The Hall–Kier alpha value is -4.74. The minimum atomic E-state index is -4.67. The van der Waals surface area contributed by atoms with E-state index in [1.54, 1.807) is 40.3 Å². The van der Waals surface area contributed by atoms with Crippen molar-refractivity contribution in [3.8, 4) is 5.69 Å². The molecule has 45 heavy (non-hydrogen) atoms. The number of hydrogen-bond acceptors (Lipinski definition) is 4. The lowest BCUT2D eigenvalue weighted by Crippen LogP contribution is -2.38. The number of carbonyl (C=O) groups excluding carboxylic acids is 2. The smallest absolute Gasteiger partial charge is 0.306 e. The van der Waals surface area contributed by atoms with Crippen molar-refractivity contribution in [3.63, 3.8) is 0 Å². The van der Waals surface area contributed by atoms with E-state index in [0.717, 1.165) is 30.4 Å². The molecule has 0 atom stereocenters. The number of para-hydroxylation sites is 2. The zero-order chi connectivity index (χ0) is 31.6. The minimum absolute atomic E-state index is 0.0261. The molecule has 0 unspecified atom stereocenters. The van der Waals surface area contributed by atoms with Crippen molar-refractivity contribution < 1.29 is 27.3 Å². The predicted octanol–water partition coefficient (Wildman–Crippen LogP) is 5.10. The van der Waals surface area contributed by atoms with Crippen LogP contribution in [0.25, 0.3) is 5.69 Å². The number of carbonyl (C=O) groups is 2. The van der Waals surface area contributed by atoms with Crippen molar-refractivity contribution in [1.82, 2.24) is 19.6 Å². The van der Waals surface area contributed by atoms with Gasteiger partial charge in [0.1, 0.15) is 0 Å². The van der Waals surface area contributed by atoms with Crippen molar-refractivity contribution in [2.75, 3.05) is 16.3 Å². The van der Waals surface area contributed by atoms with Crippen LogP contribution in [0.5, 0.6) is 0 Å². The Morgan fingerprint density at radius 3 is 2.60 bits per heavy atom. The Balaban J connectivity index is 1.26. The van der Waals surface area contributed by atoms with Gasteiger partial charge >= 0.3 is 6.18 Å². The van der Waals surface area contributed by atoms with E-state index in [0.29, 0.717) is 53.8 Å². The van der Waals surface area contributed by atoms with Gasteiger partial charge in [0, 0.05) is 23.1 Å². The van der Waals surface area contributed by atoms with Crippen LogP contribution in [0, 0.1) is 5.92 Å². The summed E-state index contributed by atoms with van der Waals surface area (Å²) in [6, 6.07) is 9.90. The van der Waals surface area contributed by atoms with E-state index in [4.69, 9.17) is 0 Å². The number of fused-ring (bicyclic) bond motifs is 2. The fourth-order valence-electron chi connectivity index (χ4n) is 7.09. The van der Waals surface area contributed by atoms with E-state index in [2.05, 4.69) is 23.7 Å². The third kappa shape index (κ3) is 4.83. The molecule has 2 aliphatic heterocycles. The van der Waals surface area contributed by atoms with Crippen LogP contribution in [0.4, 0.5) is 24.5 Å². The first-order valence-electron chi connectivity index (χ1n) is 15.1. The monoisotopic (exact) mass is 616 g/mol. The van der Waals surface area contributed by atoms with E-state index >= 15 is 0 Å². The van der Waals surface area contributed by atoms with E-state index in [1.165, 1.54) is 11.0 Å². The zero-order valence-corrected chi connectivity index (χ0v) is 25.1. The lowest BCUT2D eigenvalue weighted by atomic mass is 9.75. The summed E-state index contributed by atoms with van der Waals surface area (Å²) in [5.74, 6) is 1.17. The summed E-state index contributed by atoms with van der Waals surface area (Å²) in [5, 5.41) is 9.02. The lowest BCUT2D eigenvalue weighted by Gasteiger charge is -2.30. The molecule has 232 valence electrons. The van der Waals surface area contributed by atoms with Crippen LogP contribution >= 0.6 is 0 Å². The van der Waals surface area contributed by atoms with Gasteiger partial charge in [-0.15, -0.1) is 0 Å². The standard InChI is InChI=1S/C33H33F3N7O2/c1-4-30(44)40-11-7-10-27-29(40)16-37-42(27)17-21-14-23-24(25(15-21)33(34,35)36)18-41(32(23)45)26-8-5-6-9-28(26)43-31(39(3)19-38-43)22-12-20(2)13-22/h4-6,8-9,14-16,19-20,22H,1,7,10-13,17-18H2,2-3H3/q+1. The predicted molar refractivity (Wildman–Crippen MR) is 160 cm³/mol. The van der Waals surface area contributed by atoms with E-state index in [9.17, 15) is 22.8 Å². The number of hydrogen-bond donors (Lipinski definition) is 0. The van der Waals surface area contributed by atoms with Crippen molar-refractivity contribution in [3.05, 3.63) is 95.3 Å². The van der Waals surface area contributed by atoms with Crippen LogP contribution in [-0.2, 0) is 37.5 Å². The molecule has 0 N–H and O–H groups in total. The van der Waals surface area contributed by atoms with Crippen molar-refractivity contribution in [2.24, 2.45) is 13.0 Å². The third-order valence-electron chi connectivity index (χ3n) is 9.25. The molecular weight excluding hydrogens is 583 g/mol. The second-order valence-corrected chi connectivity index (χ2v) is 12.3. The number of anilines is 2. The third-order valence-corrected chi connectivity index (χ3v) is 9.25. The average molecular weight is 617 g/mol. The number of nitrogens with zero attached hydrogens (tertiary/aromatic N) is 7. The first-order chi connectivity index (χ1) is 21.5. The normalized spacial score (nSPS) is 19.4. The SMILES string of the molecule is C=CC(=O)N1CCCc2c1cnn2Cc1cc2c(c(C(F)(F)F)c1)CN(c1ccccc1-n1nc[n+](C)c1C1CC(C)C1)C2=O. The summed E-state index contributed by atoms with van der Waals surface area (Å²) in [4.78, 5) is 29.3. The van der Waals surface area contributed by atoms with Gasteiger partial charge in [-0.1, -0.05) is 30.3 Å². The Morgan fingerprint density at radius 2 is 1.89 bits per heavy atom. The summed E-state index contributed by atoms with van der Waals surface area (Å²) >= 11 is 0. The highest BCUT2D eigenvalue weighted by Crippen LogP contribution is 2.43. The molecule has 0 saturated heterocycles. The molecule has 1 fully saturated rings. The highest BCUT2D eigenvalue weighted by Gasteiger charge is 2.42. The summed E-state index contributed by atoms with van der Waals surface area (Å²) in [6.45, 7) is 6.10. The lowest BCUT2D eigenvalue weighted by molar-refractivity contribution is -0.682. The summed E-state index contributed by atoms with van der Waals surface area (Å²) < 4.78 is 49.1. The molecule has 4 heterocycles. The second kappa shape index (κ2) is 10.7. The first-order valence-corrected chi connectivity index (χ1v) is 15.1. The van der Waals surface area contributed by atoms with Gasteiger partial charge < -0.3 is 9.80 Å². The molecule has 2 aromatic carbocycles. The number of aryl methyl sites for hydroxylation is 1. The van der Waals surface area contributed by atoms with E-state index in [1.807, 2.05) is 28.4 Å². The van der Waals surface area contributed by atoms with Crippen molar-refractivity contribution >= 4 is 23.2 Å². The molecule has 2 amide bonds. The molecular formula is C33H33F3N7O2+. The minimum Gasteiger partial charge on any atom is -0.306 e. The molecule has 7 rings (SSSR count). The molecule has 12 heteroatoms. The number of benzene rings is 2. The fourth-order valence-corrected chi connectivity index (χ4v) is 7.09. The van der Waals surface area contributed by atoms with Gasteiger partial charge in [0.25, 0.3) is 12.2 Å². The number of rotatable bonds is 6.